The van der Waals surface area contributed by atoms with Gasteiger partial charge >= 0.3 is 0 Å². The molecule has 0 bridgehead atoms. The molecule has 1 unspecified atom stereocenters. The lowest BCUT2D eigenvalue weighted by atomic mass is 10.2. The molecule has 0 spiro atoms. The van der Waals surface area contributed by atoms with Crippen molar-refractivity contribution in [3.8, 4) is 0 Å². The van der Waals surface area contributed by atoms with Gasteiger partial charge in [0, 0.05) is 38.6 Å². The first kappa shape index (κ1) is 13.7. The molecule has 2 rings (SSSR count). The molecule has 16 heavy (non-hydrogen) atoms. The first-order chi connectivity index (χ1) is 7.27. The Balaban J connectivity index is 0.00000128. The summed E-state index contributed by atoms with van der Waals surface area (Å²) in [6, 6.07) is 0.669. The third-order valence-corrected chi connectivity index (χ3v) is 3.55. The summed E-state index contributed by atoms with van der Waals surface area (Å²) >= 11 is 0. The highest BCUT2D eigenvalue weighted by molar-refractivity contribution is 5.85. The number of rotatable bonds is 4. The van der Waals surface area contributed by atoms with E-state index in [2.05, 4.69) is 17.3 Å². The lowest BCUT2D eigenvalue weighted by molar-refractivity contribution is -0.127. The van der Waals surface area contributed by atoms with Crippen molar-refractivity contribution in [1.82, 2.24) is 15.1 Å². The molecule has 2 heterocycles. The van der Waals surface area contributed by atoms with Gasteiger partial charge in [-0.1, -0.05) is 0 Å². The zero-order valence-electron chi connectivity index (χ0n) is 9.95. The van der Waals surface area contributed by atoms with Gasteiger partial charge in [-0.3, -0.25) is 4.79 Å². The minimum absolute atomic E-state index is 0. The summed E-state index contributed by atoms with van der Waals surface area (Å²) in [6.07, 6.45) is 3.05. The van der Waals surface area contributed by atoms with Crippen molar-refractivity contribution in [3.63, 3.8) is 0 Å². The number of hydrogen-bond acceptors (Lipinski definition) is 3. The lowest BCUT2D eigenvalue weighted by Crippen LogP contribution is -2.40. The van der Waals surface area contributed by atoms with E-state index in [4.69, 9.17) is 0 Å². The van der Waals surface area contributed by atoms with E-state index in [0.717, 1.165) is 45.6 Å². The van der Waals surface area contributed by atoms with E-state index in [0.29, 0.717) is 11.9 Å². The zero-order valence-corrected chi connectivity index (χ0v) is 10.8. The second-order valence-electron chi connectivity index (χ2n) is 4.61. The Morgan fingerprint density at radius 1 is 1.56 bits per heavy atom. The van der Waals surface area contributed by atoms with E-state index >= 15 is 0 Å². The Morgan fingerprint density at radius 2 is 2.38 bits per heavy atom. The molecule has 4 nitrogen and oxygen atoms in total. The molecule has 0 saturated carbocycles. The number of nitrogens with one attached hydrogen (secondary N) is 1. The Kier molecular flexibility index (Phi) is 5.52. The largest absolute Gasteiger partial charge is 0.341 e. The molecular weight excluding hydrogens is 226 g/mol. The topological polar surface area (TPSA) is 35.6 Å². The van der Waals surface area contributed by atoms with Crippen LogP contribution >= 0.6 is 12.4 Å². The highest BCUT2D eigenvalue weighted by Gasteiger charge is 2.22. The summed E-state index contributed by atoms with van der Waals surface area (Å²) in [4.78, 5) is 15.8. The van der Waals surface area contributed by atoms with Crippen molar-refractivity contribution < 1.29 is 4.79 Å². The van der Waals surface area contributed by atoms with Crippen molar-refractivity contribution in [3.05, 3.63) is 0 Å². The molecule has 94 valence electrons. The number of likely N-dealkylation sites (tertiary alicyclic amines) is 1. The smallest absolute Gasteiger partial charge is 0.222 e. The number of likely N-dealkylation sites (N-methyl/N-ethyl adjacent to an activating group) is 1. The van der Waals surface area contributed by atoms with Crippen molar-refractivity contribution in [1.29, 1.82) is 0 Å². The molecule has 1 atom stereocenters. The third-order valence-electron chi connectivity index (χ3n) is 3.55. The van der Waals surface area contributed by atoms with Gasteiger partial charge < -0.3 is 15.1 Å². The SMILES string of the molecule is CN(CCN1CCCC1=O)C1CCNC1.Cl. The van der Waals surface area contributed by atoms with Crippen LogP contribution in [0.15, 0.2) is 0 Å². The van der Waals surface area contributed by atoms with Crippen LogP contribution in [0.25, 0.3) is 0 Å². The van der Waals surface area contributed by atoms with E-state index in [9.17, 15) is 4.79 Å². The molecule has 0 radical (unpaired) electrons. The van der Waals surface area contributed by atoms with Crippen molar-refractivity contribution in [2.75, 3.05) is 39.8 Å². The number of amides is 1. The summed E-state index contributed by atoms with van der Waals surface area (Å²) in [5, 5.41) is 3.37. The van der Waals surface area contributed by atoms with E-state index in [1.807, 2.05) is 4.90 Å². The van der Waals surface area contributed by atoms with Gasteiger partial charge in [-0.2, -0.15) is 0 Å². The normalized spacial score (nSPS) is 25.2. The van der Waals surface area contributed by atoms with Crippen LogP contribution in [0.3, 0.4) is 0 Å². The maximum absolute atomic E-state index is 11.4. The van der Waals surface area contributed by atoms with Gasteiger partial charge in [-0.15, -0.1) is 12.4 Å². The number of carbonyl (C=O) groups is 1. The summed E-state index contributed by atoms with van der Waals surface area (Å²) in [6.45, 7) is 5.13. The first-order valence-corrected chi connectivity index (χ1v) is 5.96. The van der Waals surface area contributed by atoms with Crippen molar-refractivity contribution in [2.45, 2.75) is 25.3 Å². The van der Waals surface area contributed by atoms with Gasteiger partial charge in [0.15, 0.2) is 0 Å². The molecule has 2 aliphatic heterocycles. The molecular formula is C11H22ClN3O. The molecule has 1 amide bonds. The summed E-state index contributed by atoms with van der Waals surface area (Å²) in [5.41, 5.74) is 0. The Bertz CT molecular complexity index is 231. The molecule has 1 N–H and O–H groups in total. The first-order valence-electron chi connectivity index (χ1n) is 5.96. The molecule has 2 aliphatic rings. The summed E-state index contributed by atoms with van der Waals surface area (Å²) in [5.74, 6) is 0.341. The number of carbonyl (C=O) groups excluding carboxylic acids is 1. The highest BCUT2D eigenvalue weighted by atomic mass is 35.5. The van der Waals surface area contributed by atoms with Gasteiger partial charge in [0.2, 0.25) is 5.91 Å². The standard InChI is InChI=1S/C11H21N3O.ClH/c1-13(10-4-5-12-9-10)7-8-14-6-2-3-11(14)15;/h10,12H,2-9H2,1H3;1H. The summed E-state index contributed by atoms with van der Waals surface area (Å²) < 4.78 is 0. The Labute approximate surface area is 104 Å². The van der Waals surface area contributed by atoms with Crippen LogP contribution in [0.2, 0.25) is 0 Å². The average molecular weight is 248 g/mol. The van der Waals surface area contributed by atoms with Gasteiger partial charge in [0.1, 0.15) is 0 Å². The Morgan fingerprint density at radius 3 is 2.94 bits per heavy atom. The van der Waals surface area contributed by atoms with Crippen molar-refractivity contribution >= 4 is 18.3 Å². The molecule has 0 aromatic rings. The quantitative estimate of drug-likeness (QED) is 0.778. The number of nitrogens with zero attached hydrogens (tertiary/aromatic N) is 2. The van der Waals surface area contributed by atoms with Crippen LogP contribution < -0.4 is 5.32 Å². The van der Waals surface area contributed by atoms with Gasteiger partial charge in [0.25, 0.3) is 0 Å². The molecule has 2 saturated heterocycles. The summed E-state index contributed by atoms with van der Waals surface area (Å²) in [7, 11) is 2.16. The van der Waals surface area contributed by atoms with Crippen LogP contribution in [0.1, 0.15) is 19.3 Å². The van der Waals surface area contributed by atoms with Crippen LogP contribution in [0.4, 0.5) is 0 Å². The van der Waals surface area contributed by atoms with Crippen LogP contribution in [0.5, 0.6) is 0 Å². The van der Waals surface area contributed by atoms with Gasteiger partial charge in [-0.25, -0.2) is 0 Å². The Hall–Kier alpha value is -0.320. The minimum atomic E-state index is 0. The maximum Gasteiger partial charge on any atom is 0.222 e. The van der Waals surface area contributed by atoms with Crippen LogP contribution in [0, 0.1) is 0 Å². The molecule has 5 heteroatoms. The van der Waals surface area contributed by atoms with Crippen molar-refractivity contribution in [2.24, 2.45) is 0 Å². The average Bonchev–Trinajstić information content (AvgIpc) is 2.85. The fraction of sp³-hybridized carbons (Fsp3) is 0.909. The number of halogens is 1. The maximum atomic E-state index is 11.4. The number of hydrogen-bond donors (Lipinski definition) is 1. The van der Waals surface area contributed by atoms with E-state index in [1.165, 1.54) is 6.42 Å². The third kappa shape index (κ3) is 3.34. The predicted molar refractivity (Wildman–Crippen MR) is 67.0 cm³/mol. The second-order valence-corrected chi connectivity index (χ2v) is 4.61. The van der Waals surface area contributed by atoms with Crippen LogP contribution in [-0.4, -0.2) is 61.5 Å². The zero-order chi connectivity index (χ0) is 10.7. The second kappa shape index (κ2) is 6.42. The van der Waals surface area contributed by atoms with Gasteiger partial charge in [0.05, 0.1) is 0 Å². The monoisotopic (exact) mass is 247 g/mol. The fourth-order valence-electron chi connectivity index (χ4n) is 2.42. The molecule has 0 aliphatic carbocycles. The highest BCUT2D eigenvalue weighted by Crippen LogP contribution is 2.10. The van der Waals surface area contributed by atoms with E-state index in [-0.39, 0.29) is 12.4 Å². The van der Waals surface area contributed by atoms with Crippen LogP contribution in [-0.2, 0) is 4.79 Å². The molecule has 0 aromatic heterocycles. The predicted octanol–water partition coefficient (Wildman–Crippen LogP) is 0.324. The van der Waals surface area contributed by atoms with Gasteiger partial charge in [-0.05, 0) is 26.4 Å². The minimum Gasteiger partial charge on any atom is -0.341 e. The molecule has 2 fully saturated rings. The fourth-order valence-corrected chi connectivity index (χ4v) is 2.42. The van der Waals surface area contributed by atoms with E-state index < -0.39 is 0 Å². The molecule has 0 aromatic carbocycles. The van der Waals surface area contributed by atoms with E-state index in [1.54, 1.807) is 0 Å². The lowest BCUT2D eigenvalue weighted by Gasteiger charge is -2.26.